The molecule has 6 heteroatoms. The van der Waals surface area contributed by atoms with Gasteiger partial charge in [-0.05, 0) is 49.9 Å². The third-order valence-electron chi connectivity index (χ3n) is 6.20. The van der Waals surface area contributed by atoms with Crippen molar-refractivity contribution in [3.8, 4) is 11.1 Å². The third kappa shape index (κ3) is 5.18. The van der Waals surface area contributed by atoms with Gasteiger partial charge in [-0.3, -0.25) is 9.80 Å². The number of hydrogen-bond donors (Lipinski definition) is 2. The number of halogens is 2. The van der Waals surface area contributed by atoms with E-state index in [1.165, 1.54) is 0 Å². The Bertz CT molecular complexity index is 805. The van der Waals surface area contributed by atoms with Crippen molar-refractivity contribution in [3.63, 3.8) is 0 Å². The predicted octanol–water partition coefficient (Wildman–Crippen LogP) is 4.57. The van der Waals surface area contributed by atoms with Crippen LogP contribution < -0.4 is 0 Å². The number of aliphatic hydroxyl groups is 2. The number of aliphatic hydroxyl groups excluding tert-OH is 2. The monoisotopic (exact) mass is 448 g/mol. The van der Waals surface area contributed by atoms with Gasteiger partial charge >= 0.3 is 0 Å². The molecule has 2 heterocycles. The van der Waals surface area contributed by atoms with Gasteiger partial charge in [-0.15, -0.1) is 0 Å². The highest BCUT2D eigenvalue weighted by atomic mass is 35.5. The molecule has 2 fully saturated rings. The van der Waals surface area contributed by atoms with E-state index in [2.05, 4.69) is 21.9 Å². The summed E-state index contributed by atoms with van der Waals surface area (Å²) in [5.74, 6) is 0. The highest BCUT2D eigenvalue weighted by Crippen LogP contribution is 2.37. The molecule has 0 bridgehead atoms. The maximum atomic E-state index is 9.97. The van der Waals surface area contributed by atoms with Crippen molar-refractivity contribution in [3.05, 3.63) is 57.6 Å². The number of benzene rings is 2. The average Bonchev–Trinajstić information content (AvgIpc) is 2.72. The fourth-order valence-corrected chi connectivity index (χ4v) is 5.23. The fourth-order valence-electron chi connectivity index (χ4n) is 4.65. The van der Waals surface area contributed by atoms with Crippen LogP contribution in [-0.2, 0) is 13.1 Å². The van der Waals surface area contributed by atoms with Crippen LogP contribution in [0.3, 0.4) is 0 Å². The van der Waals surface area contributed by atoms with Crippen LogP contribution in [-0.4, -0.2) is 58.4 Å². The molecular weight excluding hydrogens is 419 g/mol. The van der Waals surface area contributed by atoms with Gasteiger partial charge in [-0.2, -0.15) is 0 Å². The van der Waals surface area contributed by atoms with Gasteiger partial charge in [0, 0.05) is 37.3 Å². The SMILES string of the molecule is OC1CCCN(Cc2cccc(-c3cccc(CN4CCCC(O)C4)c3Cl)c2Cl)C1. The molecule has 0 amide bonds. The molecule has 2 aromatic carbocycles. The molecule has 2 aliphatic rings. The number of likely N-dealkylation sites (tertiary alicyclic amines) is 2. The Balaban J connectivity index is 1.56. The summed E-state index contributed by atoms with van der Waals surface area (Å²) >= 11 is 13.7. The normalized spacial score (nSPS) is 23.6. The summed E-state index contributed by atoms with van der Waals surface area (Å²) in [6, 6.07) is 12.2. The van der Waals surface area contributed by atoms with Crippen LogP contribution in [0.1, 0.15) is 36.8 Å². The van der Waals surface area contributed by atoms with Crippen molar-refractivity contribution in [2.75, 3.05) is 26.2 Å². The number of β-amino-alcohol motifs (C(OH)–C–C–N with tert-alkyl or cyclic N) is 2. The van der Waals surface area contributed by atoms with Gasteiger partial charge in [0.1, 0.15) is 0 Å². The molecule has 2 unspecified atom stereocenters. The van der Waals surface area contributed by atoms with Gasteiger partial charge in [-0.25, -0.2) is 0 Å². The molecule has 0 saturated carbocycles. The van der Waals surface area contributed by atoms with Gasteiger partial charge in [0.05, 0.1) is 22.3 Å². The standard InChI is InChI=1S/C24H30Cl2N2O2/c25-23-17(13-27-11-3-7-19(29)15-27)5-1-9-21(23)22-10-2-6-18(24(22)26)14-28-12-4-8-20(30)16-28/h1-2,5-6,9-10,19-20,29-30H,3-4,7-8,11-16H2. The molecule has 162 valence electrons. The van der Waals surface area contributed by atoms with Gasteiger partial charge in [0.2, 0.25) is 0 Å². The maximum absolute atomic E-state index is 9.97. The van der Waals surface area contributed by atoms with Crippen LogP contribution in [0.15, 0.2) is 36.4 Å². The molecule has 30 heavy (non-hydrogen) atoms. The lowest BCUT2D eigenvalue weighted by Crippen LogP contribution is -2.37. The molecule has 2 saturated heterocycles. The van der Waals surface area contributed by atoms with E-state index in [4.69, 9.17) is 23.2 Å². The zero-order valence-electron chi connectivity index (χ0n) is 17.2. The number of nitrogens with zero attached hydrogens (tertiary/aromatic N) is 2. The van der Waals surface area contributed by atoms with Crippen LogP contribution in [0, 0.1) is 0 Å². The highest BCUT2D eigenvalue weighted by molar-refractivity contribution is 6.37. The van der Waals surface area contributed by atoms with Crippen molar-refractivity contribution in [1.29, 1.82) is 0 Å². The summed E-state index contributed by atoms with van der Waals surface area (Å²) in [6.45, 7) is 4.81. The van der Waals surface area contributed by atoms with Crippen molar-refractivity contribution >= 4 is 23.2 Å². The summed E-state index contributed by atoms with van der Waals surface area (Å²) in [4.78, 5) is 4.53. The highest BCUT2D eigenvalue weighted by Gasteiger charge is 2.21. The van der Waals surface area contributed by atoms with Crippen LogP contribution in [0.4, 0.5) is 0 Å². The first-order valence-corrected chi connectivity index (χ1v) is 11.6. The van der Waals surface area contributed by atoms with Crippen LogP contribution in [0.2, 0.25) is 10.0 Å². The maximum Gasteiger partial charge on any atom is 0.0667 e. The number of piperidine rings is 2. The van der Waals surface area contributed by atoms with Crippen LogP contribution >= 0.6 is 23.2 Å². The first kappa shape index (κ1) is 22.1. The molecule has 2 aromatic rings. The largest absolute Gasteiger partial charge is 0.392 e. The van der Waals surface area contributed by atoms with Gasteiger partial charge in [0.25, 0.3) is 0 Å². The fraction of sp³-hybridized carbons (Fsp3) is 0.500. The van der Waals surface area contributed by atoms with Crippen LogP contribution in [0.5, 0.6) is 0 Å². The topological polar surface area (TPSA) is 46.9 Å². The van der Waals surface area contributed by atoms with Crippen molar-refractivity contribution in [2.24, 2.45) is 0 Å². The summed E-state index contributed by atoms with van der Waals surface area (Å²) in [5, 5.41) is 21.4. The zero-order valence-corrected chi connectivity index (χ0v) is 18.7. The molecular formula is C24H30Cl2N2O2. The van der Waals surface area contributed by atoms with E-state index in [-0.39, 0.29) is 12.2 Å². The molecule has 0 radical (unpaired) electrons. The van der Waals surface area contributed by atoms with Gasteiger partial charge < -0.3 is 10.2 Å². The second-order valence-corrected chi connectivity index (χ2v) is 9.38. The van der Waals surface area contributed by atoms with Gasteiger partial charge in [0.15, 0.2) is 0 Å². The zero-order chi connectivity index (χ0) is 21.1. The first-order valence-electron chi connectivity index (χ1n) is 10.9. The van der Waals surface area contributed by atoms with Gasteiger partial charge in [-0.1, -0.05) is 59.6 Å². The molecule has 0 aliphatic carbocycles. The quantitative estimate of drug-likeness (QED) is 0.702. The molecule has 0 aromatic heterocycles. The average molecular weight is 449 g/mol. The Kier molecular flexibility index (Phi) is 7.35. The lowest BCUT2D eigenvalue weighted by atomic mass is 9.99. The molecule has 0 spiro atoms. The van der Waals surface area contributed by atoms with E-state index in [0.29, 0.717) is 13.1 Å². The summed E-state index contributed by atoms with van der Waals surface area (Å²) < 4.78 is 0. The van der Waals surface area contributed by atoms with E-state index >= 15 is 0 Å². The lowest BCUT2D eigenvalue weighted by Gasteiger charge is -2.30. The number of rotatable bonds is 5. The van der Waals surface area contributed by atoms with E-state index in [9.17, 15) is 10.2 Å². The Morgan fingerprint density at radius 1 is 0.733 bits per heavy atom. The molecule has 4 nitrogen and oxygen atoms in total. The molecule has 4 rings (SSSR count). The Labute approximate surface area is 189 Å². The lowest BCUT2D eigenvalue weighted by molar-refractivity contribution is 0.0666. The Morgan fingerprint density at radius 2 is 1.17 bits per heavy atom. The second kappa shape index (κ2) is 9.99. The van der Waals surface area contributed by atoms with Crippen molar-refractivity contribution in [2.45, 2.75) is 51.0 Å². The minimum Gasteiger partial charge on any atom is -0.392 e. The summed E-state index contributed by atoms with van der Waals surface area (Å²) in [7, 11) is 0. The smallest absolute Gasteiger partial charge is 0.0667 e. The van der Waals surface area contributed by atoms with E-state index in [1.54, 1.807) is 0 Å². The first-order chi connectivity index (χ1) is 14.5. The Hall–Kier alpha value is -1.14. The van der Waals surface area contributed by atoms with E-state index < -0.39 is 0 Å². The van der Waals surface area contributed by atoms with Crippen molar-refractivity contribution in [1.82, 2.24) is 9.80 Å². The molecule has 2 aliphatic heterocycles. The predicted molar refractivity (Wildman–Crippen MR) is 123 cm³/mol. The number of hydrogen-bond acceptors (Lipinski definition) is 4. The van der Waals surface area contributed by atoms with Crippen molar-refractivity contribution < 1.29 is 10.2 Å². The minimum atomic E-state index is -0.250. The minimum absolute atomic E-state index is 0.250. The second-order valence-electron chi connectivity index (χ2n) is 8.62. The van der Waals surface area contributed by atoms with E-state index in [0.717, 1.165) is 84.2 Å². The summed E-state index contributed by atoms with van der Waals surface area (Å²) in [6.07, 6.45) is 3.27. The molecule has 2 N–H and O–H groups in total. The summed E-state index contributed by atoms with van der Waals surface area (Å²) in [5.41, 5.74) is 4.00. The molecule has 2 atom stereocenters. The third-order valence-corrected chi connectivity index (χ3v) is 7.09. The van der Waals surface area contributed by atoms with E-state index in [1.807, 2.05) is 24.3 Å². The Morgan fingerprint density at radius 3 is 1.57 bits per heavy atom. The van der Waals surface area contributed by atoms with Crippen LogP contribution in [0.25, 0.3) is 11.1 Å².